The molecule has 4 rings (SSSR count). The van der Waals surface area contributed by atoms with E-state index in [0.717, 1.165) is 22.6 Å². The number of carbonyl (C=O) groups is 2. The highest BCUT2D eigenvalue weighted by Crippen LogP contribution is 2.28. The fourth-order valence-corrected chi connectivity index (χ4v) is 4.00. The number of nitrogens with zero attached hydrogens (tertiary/aromatic N) is 3. The molecule has 0 atom stereocenters. The number of aryl methyl sites for hydroxylation is 1. The second-order valence-corrected chi connectivity index (χ2v) is 9.19. The largest absolute Gasteiger partial charge is 0.497 e. The SMILES string of the molecule is COc1ccc(-n2cc(-c3cccc(OC)c3)nc2NC(=O)CN(C(=O)c2ccc(C)cc2)C(C)C)cc1. The predicted octanol–water partition coefficient (Wildman–Crippen LogP) is 5.35. The standard InChI is InChI=1S/C30H32N4O4/c1-20(2)33(29(36)22-11-9-21(3)10-12-22)19-28(35)32-30-31-27(23-7-6-8-26(17-23)38-5)18-34(30)24-13-15-25(37-4)16-14-24/h6-18,20H,19H2,1-5H3,(H,31,32,35). The molecule has 1 N–H and O–H groups in total. The summed E-state index contributed by atoms with van der Waals surface area (Å²) in [7, 11) is 3.22. The maximum Gasteiger partial charge on any atom is 0.254 e. The van der Waals surface area contributed by atoms with Crippen LogP contribution in [0.5, 0.6) is 11.5 Å². The van der Waals surface area contributed by atoms with E-state index in [-0.39, 0.29) is 24.4 Å². The fraction of sp³-hybridized carbons (Fsp3) is 0.233. The third-order valence-electron chi connectivity index (χ3n) is 6.17. The van der Waals surface area contributed by atoms with Crippen LogP contribution < -0.4 is 14.8 Å². The minimum absolute atomic E-state index is 0.117. The molecule has 0 aliphatic carbocycles. The summed E-state index contributed by atoms with van der Waals surface area (Å²) in [6, 6.07) is 22.2. The number of amides is 2. The van der Waals surface area contributed by atoms with Gasteiger partial charge in [0.1, 0.15) is 18.0 Å². The number of benzene rings is 3. The number of ether oxygens (including phenoxy) is 2. The van der Waals surface area contributed by atoms with Gasteiger partial charge < -0.3 is 14.4 Å². The molecular formula is C30H32N4O4. The molecule has 0 saturated heterocycles. The van der Waals surface area contributed by atoms with Gasteiger partial charge in [0.25, 0.3) is 5.91 Å². The van der Waals surface area contributed by atoms with Gasteiger partial charge in [-0.3, -0.25) is 19.5 Å². The Morgan fingerprint density at radius 2 is 1.63 bits per heavy atom. The zero-order valence-electron chi connectivity index (χ0n) is 22.3. The van der Waals surface area contributed by atoms with Crippen molar-refractivity contribution in [1.29, 1.82) is 0 Å². The molecule has 38 heavy (non-hydrogen) atoms. The summed E-state index contributed by atoms with van der Waals surface area (Å²) in [5, 5.41) is 2.91. The van der Waals surface area contributed by atoms with Gasteiger partial charge in [0.15, 0.2) is 0 Å². The monoisotopic (exact) mass is 512 g/mol. The average molecular weight is 513 g/mol. The Morgan fingerprint density at radius 3 is 2.26 bits per heavy atom. The molecule has 0 saturated carbocycles. The summed E-state index contributed by atoms with van der Waals surface area (Å²) < 4.78 is 12.4. The smallest absolute Gasteiger partial charge is 0.254 e. The fourth-order valence-electron chi connectivity index (χ4n) is 4.00. The Hall–Kier alpha value is -4.59. The van der Waals surface area contributed by atoms with Gasteiger partial charge in [0.2, 0.25) is 11.9 Å². The van der Waals surface area contributed by atoms with Gasteiger partial charge in [-0.05, 0) is 69.3 Å². The zero-order chi connectivity index (χ0) is 27.2. The number of hydrogen-bond acceptors (Lipinski definition) is 5. The van der Waals surface area contributed by atoms with Gasteiger partial charge >= 0.3 is 0 Å². The van der Waals surface area contributed by atoms with E-state index in [9.17, 15) is 9.59 Å². The van der Waals surface area contributed by atoms with Gasteiger partial charge in [-0.25, -0.2) is 4.98 Å². The molecule has 8 heteroatoms. The molecule has 1 heterocycles. The van der Waals surface area contributed by atoms with Crippen molar-refractivity contribution in [2.45, 2.75) is 26.8 Å². The van der Waals surface area contributed by atoms with Crippen LogP contribution in [-0.4, -0.2) is 53.1 Å². The quantitative estimate of drug-likeness (QED) is 0.327. The molecular weight excluding hydrogens is 480 g/mol. The van der Waals surface area contributed by atoms with Crippen molar-refractivity contribution in [1.82, 2.24) is 14.5 Å². The van der Waals surface area contributed by atoms with E-state index in [1.807, 2.05) is 87.6 Å². The summed E-state index contributed by atoms with van der Waals surface area (Å²) in [6.45, 7) is 5.62. The highest BCUT2D eigenvalue weighted by atomic mass is 16.5. The zero-order valence-corrected chi connectivity index (χ0v) is 22.3. The first-order valence-electron chi connectivity index (χ1n) is 12.3. The minimum atomic E-state index is -0.350. The minimum Gasteiger partial charge on any atom is -0.497 e. The molecule has 3 aromatic carbocycles. The summed E-state index contributed by atoms with van der Waals surface area (Å²) in [4.78, 5) is 32.7. The summed E-state index contributed by atoms with van der Waals surface area (Å²) in [5.74, 6) is 1.20. The molecule has 196 valence electrons. The molecule has 0 spiro atoms. The summed E-state index contributed by atoms with van der Waals surface area (Å²) >= 11 is 0. The number of nitrogens with one attached hydrogen (secondary N) is 1. The van der Waals surface area contributed by atoms with Gasteiger partial charge in [-0.1, -0.05) is 29.8 Å². The van der Waals surface area contributed by atoms with Gasteiger partial charge in [0.05, 0.1) is 19.9 Å². The molecule has 2 amide bonds. The Morgan fingerprint density at radius 1 is 0.947 bits per heavy atom. The van der Waals surface area contributed by atoms with E-state index >= 15 is 0 Å². The molecule has 0 bridgehead atoms. The first-order valence-corrected chi connectivity index (χ1v) is 12.3. The van der Waals surface area contributed by atoms with E-state index in [4.69, 9.17) is 14.5 Å². The normalized spacial score (nSPS) is 10.8. The lowest BCUT2D eigenvalue weighted by Crippen LogP contribution is -2.42. The third kappa shape index (κ3) is 6.03. The van der Waals surface area contributed by atoms with Gasteiger partial charge in [-0.15, -0.1) is 0 Å². The number of carbonyl (C=O) groups excluding carboxylic acids is 2. The Balaban J connectivity index is 1.63. The second-order valence-electron chi connectivity index (χ2n) is 9.19. The van der Waals surface area contributed by atoms with E-state index < -0.39 is 0 Å². The van der Waals surface area contributed by atoms with Crippen LogP contribution >= 0.6 is 0 Å². The van der Waals surface area contributed by atoms with Crippen LogP contribution in [-0.2, 0) is 4.79 Å². The molecule has 0 aliphatic heterocycles. The molecule has 0 unspecified atom stereocenters. The molecule has 0 aliphatic rings. The first kappa shape index (κ1) is 26.5. The van der Waals surface area contributed by atoms with Crippen molar-refractivity contribution >= 4 is 17.8 Å². The Labute approximate surface area is 222 Å². The first-order chi connectivity index (χ1) is 18.3. The summed E-state index contributed by atoms with van der Waals surface area (Å²) in [6.07, 6.45) is 1.85. The van der Waals surface area contributed by atoms with Crippen LogP contribution in [0.2, 0.25) is 0 Å². The van der Waals surface area contributed by atoms with E-state index in [1.54, 1.807) is 35.8 Å². The number of anilines is 1. The van der Waals surface area contributed by atoms with Crippen LogP contribution in [0.3, 0.4) is 0 Å². The molecule has 8 nitrogen and oxygen atoms in total. The number of methoxy groups -OCH3 is 2. The molecule has 0 radical (unpaired) electrons. The molecule has 1 aromatic heterocycles. The lowest BCUT2D eigenvalue weighted by Gasteiger charge is -2.26. The average Bonchev–Trinajstić information content (AvgIpc) is 3.35. The van der Waals surface area contributed by atoms with E-state index in [1.165, 1.54) is 0 Å². The number of rotatable bonds is 9. The van der Waals surface area contributed by atoms with Crippen LogP contribution in [0, 0.1) is 6.92 Å². The molecule has 4 aromatic rings. The maximum absolute atomic E-state index is 13.2. The highest BCUT2D eigenvalue weighted by Gasteiger charge is 2.23. The highest BCUT2D eigenvalue weighted by molar-refractivity contribution is 5.99. The maximum atomic E-state index is 13.2. The van der Waals surface area contributed by atoms with Crippen LogP contribution in [0.4, 0.5) is 5.95 Å². The number of hydrogen-bond donors (Lipinski definition) is 1. The molecule has 0 fully saturated rings. The number of imidazole rings is 1. The van der Waals surface area contributed by atoms with E-state index in [2.05, 4.69) is 5.32 Å². The second kappa shape index (κ2) is 11.6. The van der Waals surface area contributed by atoms with Crippen molar-refractivity contribution in [2.24, 2.45) is 0 Å². The van der Waals surface area contributed by atoms with Gasteiger partial charge in [-0.2, -0.15) is 0 Å². The van der Waals surface area contributed by atoms with Crippen molar-refractivity contribution in [3.63, 3.8) is 0 Å². The Bertz CT molecular complexity index is 1410. The van der Waals surface area contributed by atoms with Crippen LogP contribution in [0.25, 0.3) is 16.9 Å². The Kier molecular flexibility index (Phi) is 8.11. The van der Waals surface area contributed by atoms with Crippen molar-refractivity contribution in [3.8, 4) is 28.4 Å². The van der Waals surface area contributed by atoms with E-state index in [0.29, 0.717) is 23.0 Å². The van der Waals surface area contributed by atoms with Crippen LogP contribution in [0.15, 0.2) is 79.0 Å². The van der Waals surface area contributed by atoms with Crippen molar-refractivity contribution in [3.05, 3.63) is 90.1 Å². The van der Waals surface area contributed by atoms with Crippen LogP contribution in [0.1, 0.15) is 29.8 Å². The lowest BCUT2D eigenvalue weighted by molar-refractivity contribution is -0.117. The van der Waals surface area contributed by atoms with Gasteiger partial charge in [0, 0.05) is 29.1 Å². The topological polar surface area (TPSA) is 85.7 Å². The lowest BCUT2D eigenvalue weighted by atomic mass is 10.1. The predicted molar refractivity (Wildman–Crippen MR) is 148 cm³/mol. The van der Waals surface area contributed by atoms with Crippen molar-refractivity contribution < 1.29 is 19.1 Å². The number of aromatic nitrogens is 2. The third-order valence-corrected chi connectivity index (χ3v) is 6.17. The summed E-state index contributed by atoms with van der Waals surface area (Å²) in [5.41, 5.74) is 3.89. The van der Waals surface area contributed by atoms with Crippen molar-refractivity contribution in [2.75, 3.05) is 26.1 Å².